The van der Waals surface area contributed by atoms with Gasteiger partial charge in [-0.15, -0.1) is 0 Å². The molecule has 6 heterocycles. The molecule has 6 aromatic heterocycles. The Hall–Kier alpha value is -10.8. The van der Waals surface area contributed by atoms with Crippen molar-refractivity contribution in [1.82, 2.24) is 18.3 Å². The first-order valence-corrected chi connectivity index (χ1v) is 25.3. The molecule has 0 aliphatic carbocycles. The van der Waals surface area contributed by atoms with Gasteiger partial charge >= 0.3 is 0 Å². The minimum absolute atomic E-state index is 0.394. The molecule has 0 amide bonds. The average molecular weight is 969 g/mol. The standard InChI is InChI=1S/C68H36N6O2/c1-70-52-31-26-39(38-69)65(73-57-32-27-40(71-53-20-8-2-14-42(53)43-15-3-9-21-54(43)71)36-50(57)63-59(73)34-29-48-46-18-6-12-24-61(46)75-67(48)63)66(52)74-58-33-28-41(72-55-22-10-4-16-44(55)45-17-5-11-23-56(45)72)37-51(58)64-60(74)35-30-49-47-19-7-13-25-62(47)76-68(49)64/h2-37H. The van der Waals surface area contributed by atoms with Crippen molar-refractivity contribution in [2.45, 2.75) is 0 Å². The third-order valence-corrected chi connectivity index (χ3v) is 16.0. The van der Waals surface area contributed by atoms with E-state index in [1.807, 2.05) is 36.4 Å². The van der Waals surface area contributed by atoms with Crippen LogP contribution in [0.15, 0.2) is 227 Å². The summed E-state index contributed by atoms with van der Waals surface area (Å²) in [6.07, 6.45) is 0. The molecule has 17 rings (SSSR count). The summed E-state index contributed by atoms with van der Waals surface area (Å²) in [5.41, 5.74) is 14.9. The lowest BCUT2D eigenvalue weighted by atomic mass is 10.1. The summed E-state index contributed by atoms with van der Waals surface area (Å²) in [5, 5.41) is 23.9. The fourth-order valence-corrected chi connectivity index (χ4v) is 12.9. The zero-order chi connectivity index (χ0) is 49.9. The van der Waals surface area contributed by atoms with E-state index in [4.69, 9.17) is 15.4 Å². The smallest absolute Gasteiger partial charge is 0.212 e. The topological polar surface area (TPSA) is 74.2 Å². The van der Waals surface area contributed by atoms with Crippen molar-refractivity contribution in [2.75, 3.05) is 0 Å². The first-order chi connectivity index (χ1) is 37.6. The van der Waals surface area contributed by atoms with Gasteiger partial charge in [0.05, 0.1) is 78.4 Å². The van der Waals surface area contributed by atoms with Gasteiger partial charge in [-0.1, -0.05) is 121 Å². The van der Waals surface area contributed by atoms with Crippen LogP contribution in [0.25, 0.3) is 159 Å². The van der Waals surface area contributed by atoms with Crippen LogP contribution in [0.2, 0.25) is 0 Å². The van der Waals surface area contributed by atoms with Crippen molar-refractivity contribution in [3.63, 3.8) is 0 Å². The van der Waals surface area contributed by atoms with Crippen LogP contribution in [0, 0.1) is 17.9 Å². The van der Waals surface area contributed by atoms with E-state index >= 15 is 0 Å². The molecule has 0 radical (unpaired) electrons. The minimum Gasteiger partial charge on any atom is -0.455 e. The number of hydrogen-bond acceptors (Lipinski definition) is 3. The number of fused-ring (bicyclic) bond motifs is 20. The third-order valence-electron chi connectivity index (χ3n) is 16.0. The first kappa shape index (κ1) is 40.8. The molecule has 0 spiro atoms. The van der Waals surface area contributed by atoms with Gasteiger partial charge in [0.15, 0.2) is 0 Å². The number of hydrogen-bond donors (Lipinski definition) is 0. The van der Waals surface area contributed by atoms with Crippen LogP contribution < -0.4 is 0 Å². The van der Waals surface area contributed by atoms with Gasteiger partial charge in [-0.3, -0.25) is 0 Å². The summed E-state index contributed by atoms with van der Waals surface area (Å²) in [7, 11) is 0. The van der Waals surface area contributed by atoms with Crippen molar-refractivity contribution in [3.8, 4) is 28.8 Å². The van der Waals surface area contributed by atoms with E-state index in [0.717, 1.165) is 121 Å². The molecule has 0 fully saturated rings. The van der Waals surface area contributed by atoms with Gasteiger partial charge in [-0.25, -0.2) is 4.85 Å². The number of nitrogens with zero attached hydrogens (tertiary/aromatic N) is 6. The van der Waals surface area contributed by atoms with E-state index in [2.05, 4.69) is 199 Å². The normalized spacial score (nSPS) is 12.2. The molecule has 0 atom stereocenters. The van der Waals surface area contributed by atoms with E-state index in [9.17, 15) is 5.26 Å². The van der Waals surface area contributed by atoms with E-state index in [1.54, 1.807) is 12.1 Å². The van der Waals surface area contributed by atoms with Crippen molar-refractivity contribution < 1.29 is 8.83 Å². The Bertz CT molecular complexity index is 5070. The summed E-state index contributed by atoms with van der Waals surface area (Å²) in [5.74, 6) is 0. The SMILES string of the molecule is [C-]#[N+]c1ccc(C#N)c(-n2c3ccc(-n4c5ccccc5c5ccccc54)cc3c3c4oc5ccccc5c4ccc32)c1-n1c2ccc(-n3c4ccccc4c4ccccc43)cc2c2c3oc4ccccc4c3ccc21. The Morgan fingerprint density at radius 3 is 1.16 bits per heavy atom. The van der Waals surface area contributed by atoms with Gasteiger partial charge < -0.3 is 27.1 Å². The van der Waals surface area contributed by atoms with Gasteiger partial charge in [0.25, 0.3) is 0 Å². The number of furan rings is 2. The lowest BCUT2D eigenvalue weighted by Gasteiger charge is -2.20. The van der Waals surface area contributed by atoms with Crippen LogP contribution in [-0.2, 0) is 0 Å². The monoisotopic (exact) mass is 968 g/mol. The zero-order valence-corrected chi connectivity index (χ0v) is 40.3. The molecular weight excluding hydrogens is 933 g/mol. The molecule has 17 aromatic rings. The van der Waals surface area contributed by atoms with Gasteiger partial charge in [0.1, 0.15) is 28.4 Å². The number of nitriles is 1. The second kappa shape index (κ2) is 14.9. The maximum absolute atomic E-state index is 11.5. The van der Waals surface area contributed by atoms with Gasteiger partial charge in [0.2, 0.25) is 5.69 Å². The van der Waals surface area contributed by atoms with Crippen LogP contribution in [-0.4, -0.2) is 18.3 Å². The minimum atomic E-state index is 0.394. The predicted molar refractivity (Wildman–Crippen MR) is 309 cm³/mol. The van der Waals surface area contributed by atoms with Gasteiger partial charge in [-0.05, 0) is 97.1 Å². The molecule has 0 aliphatic heterocycles. The Morgan fingerprint density at radius 1 is 0.342 bits per heavy atom. The molecule has 8 nitrogen and oxygen atoms in total. The quantitative estimate of drug-likeness (QED) is 0.165. The van der Waals surface area contributed by atoms with E-state index in [0.29, 0.717) is 22.6 Å². The molecule has 0 aliphatic rings. The maximum Gasteiger partial charge on any atom is 0.212 e. The average Bonchev–Trinajstić information content (AvgIpc) is 4.48. The largest absolute Gasteiger partial charge is 0.455 e. The van der Waals surface area contributed by atoms with Crippen LogP contribution in [0.1, 0.15) is 5.56 Å². The second-order valence-electron chi connectivity index (χ2n) is 19.7. The number of para-hydroxylation sites is 6. The molecule has 76 heavy (non-hydrogen) atoms. The van der Waals surface area contributed by atoms with Crippen LogP contribution in [0.3, 0.4) is 0 Å². The highest BCUT2D eigenvalue weighted by molar-refractivity contribution is 6.27. The number of aromatic nitrogens is 4. The van der Waals surface area contributed by atoms with Crippen molar-refractivity contribution in [2.24, 2.45) is 0 Å². The van der Waals surface area contributed by atoms with Crippen LogP contribution in [0.5, 0.6) is 0 Å². The third kappa shape index (κ3) is 5.23. The molecular formula is C68H36N6O2. The highest BCUT2D eigenvalue weighted by atomic mass is 16.3. The fourth-order valence-electron chi connectivity index (χ4n) is 12.9. The van der Waals surface area contributed by atoms with E-state index in [1.165, 1.54) is 21.5 Å². The van der Waals surface area contributed by atoms with Crippen LogP contribution in [0.4, 0.5) is 5.69 Å². The lowest BCUT2D eigenvalue weighted by Crippen LogP contribution is -2.06. The fraction of sp³-hybridized carbons (Fsp3) is 0. The van der Waals surface area contributed by atoms with Crippen LogP contribution >= 0.6 is 0 Å². The Labute approximate surface area is 431 Å². The van der Waals surface area contributed by atoms with E-state index < -0.39 is 0 Å². The van der Waals surface area contributed by atoms with Crippen molar-refractivity contribution in [3.05, 3.63) is 235 Å². The number of rotatable bonds is 4. The second-order valence-corrected chi connectivity index (χ2v) is 19.7. The Morgan fingerprint density at radius 2 is 0.724 bits per heavy atom. The van der Waals surface area contributed by atoms with E-state index in [-0.39, 0.29) is 0 Å². The number of benzene rings is 11. The Balaban J connectivity index is 1.02. The molecule has 0 unspecified atom stereocenters. The highest BCUT2D eigenvalue weighted by Crippen LogP contribution is 2.49. The summed E-state index contributed by atoms with van der Waals surface area (Å²) < 4.78 is 22.9. The molecule has 350 valence electrons. The Kier molecular flexibility index (Phi) is 7.99. The molecule has 0 saturated heterocycles. The van der Waals surface area contributed by atoms with Gasteiger partial charge in [0, 0.05) is 65.2 Å². The summed E-state index contributed by atoms with van der Waals surface area (Å²) >= 11 is 0. The van der Waals surface area contributed by atoms with Crippen molar-refractivity contribution >= 4 is 137 Å². The molecule has 0 bridgehead atoms. The molecule has 0 saturated carbocycles. The zero-order valence-electron chi connectivity index (χ0n) is 40.3. The molecule has 11 aromatic carbocycles. The molecule has 0 N–H and O–H groups in total. The predicted octanol–water partition coefficient (Wildman–Crippen LogP) is 18.3. The summed E-state index contributed by atoms with van der Waals surface area (Å²) in [6, 6.07) is 78.5. The molecule has 8 heteroatoms. The lowest BCUT2D eigenvalue weighted by molar-refractivity contribution is 0.672. The van der Waals surface area contributed by atoms with Crippen molar-refractivity contribution in [1.29, 1.82) is 5.26 Å². The first-order valence-electron chi connectivity index (χ1n) is 25.3. The maximum atomic E-state index is 11.5. The summed E-state index contributed by atoms with van der Waals surface area (Å²) in [4.78, 5) is 4.31. The summed E-state index contributed by atoms with van der Waals surface area (Å²) in [6.45, 7) is 8.95. The highest BCUT2D eigenvalue weighted by Gasteiger charge is 2.29. The van der Waals surface area contributed by atoms with Gasteiger partial charge in [-0.2, -0.15) is 5.26 Å².